The summed E-state index contributed by atoms with van der Waals surface area (Å²) in [6.07, 6.45) is 0.963. The highest BCUT2D eigenvalue weighted by Crippen LogP contribution is 2.36. The van der Waals surface area contributed by atoms with Crippen molar-refractivity contribution in [1.29, 1.82) is 5.26 Å². The number of anilines is 1. The number of hydrogen-bond donors (Lipinski definition) is 0. The van der Waals surface area contributed by atoms with Gasteiger partial charge in [-0.15, -0.1) is 0 Å². The van der Waals surface area contributed by atoms with Crippen LogP contribution in [0.1, 0.15) is 31.7 Å². The summed E-state index contributed by atoms with van der Waals surface area (Å²) in [6, 6.07) is 10.6. The molecule has 0 spiro atoms. The first-order valence-corrected chi connectivity index (χ1v) is 5.57. The summed E-state index contributed by atoms with van der Waals surface area (Å²) in [5.74, 6) is 0.476. The minimum Gasteiger partial charge on any atom is -0.336 e. The molecule has 0 bridgehead atoms. The van der Waals surface area contributed by atoms with E-state index in [1.54, 1.807) is 0 Å². The van der Waals surface area contributed by atoms with Gasteiger partial charge in [0.2, 0.25) is 0 Å². The van der Waals surface area contributed by atoms with Crippen LogP contribution in [0, 0.1) is 11.3 Å². The molecule has 0 radical (unpaired) electrons. The molecule has 1 aliphatic rings. The van der Waals surface area contributed by atoms with E-state index >= 15 is 0 Å². The maximum absolute atomic E-state index is 9.22. The third kappa shape index (κ3) is 1.59. The van der Waals surface area contributed by atoms with Crippen molar-refractivity contribution in [3.8, 4) is 6.07 Å². The number of nitrogens with zero attached hydrogens (tertiary/aromatic N) is 2. The van der Waals surface area contributed by atoms with Crippen LogP contribution in [-0.4, -0.2) is 7.05 Å². The van der Waals surface area contributed by atoms with Crippen LogP contribution in [0.5, 0.6) is 0 Å². The third-order valence-electron chi connectivity index (χ3n) is 3.29. The molecule has 0 amide bonds. The van der Waals surface area contributed by atoms with Gasteiger partial charge in [0.1, 0.15) is 11.8 Å². The monoisotopic (exact) mass is 212 g/mol. The van der Waals surface area contributed by atoms with E-state index < -0.39 is 0 Å². The molecule has 0 saturated carbocycles. The molecule has 1 aliphatic heterocycles. The van der Waals surface area contributed by atoms with Gasteiger partial charge in [-0.3, -0.25) is 0 Å². The van der Waals surface area contributed by atoms with Crippen molar-refractivity contribution >= 4 is 5.69 Å². The molecule has 2 nitrogen and oxygen atoms in total. The van der Waals surface area contributed by atoms with Gasteiger partial charge in [-0.05, 0) is 36.5 Å². The van der Waals surface area contributed by atoms with Crippen LogP contribution in [0.25, 0.3) is 0 Å². The highest BCUT2D eigenvalue weighted by atomic mass is 15.1. The van der Waals surface area contributed by atoms with E-state index in [1.165, 1.54) is 11.1 Å². The van der Waals surface area contributed by atoms with E-state index in [0.717, 1.165) is 17.8 Å². The highest BCUT2D eigenvalue weighted by molar-refractivity contribution is 5.63. The van der Waals surface area contributed by atoms with Gasteiger partial charge in [-0.2, -0.15) is 5.26 Å². The van der Waals surface area contributed by atoms with Crippen LogP contribution in [0.2, 0.25) is 0 Å². The Morgan fingerprint density at radius 2 is 2.06 bits per heavy atom. The summed E-state index contributed by atoms with van der Waals surface area (Å²) in [6.45, 7) is 4.27. The number of benzene rings is 1. The summed E-state index contributed by atoms with van der Waals surface area (Å²) in [5.41, 5.74) is 4.45. The van der Waals surface area contributed by atoms with Crippen LogP contribution in [0.15, 0.2) is 35.5 Å². The molecule has 0 N–H and O–H groups in total. The van der Waals surface area contributed by atoms with E-state index in [9.17, 15) is 5.26 Å². The van der Waals surface area contributed by atoms with Gasteiger partial charge in [0.05, 0.1) is 0 Å². The van der Waals surface area contributed by atoms with Gasteiger partial charge in [0.15, 0.2) is 0 Å². The predicted octanol–water partition coefficient (Wildman–Crippen LogP) is 3.43. The average Bonchev–Trinajstić information content (AvgIpc) is 2.37. The Labute approximate surface area is 96.8 Å². The summed E-state index contributed by atoms with van der Waals surface area (Å²) >= 11 is 0. The Balaban J connectivity index is 2.61. The molecule has 1 unspecified atom stereocenters. The standard InChI is InChI=1S/C14H16N2/c1-10-8-11(2)14(9-15)16(3)13-7-5-4-6-12(10)13/h4-7,10H,8H2,1-3H3. The lowest BCUT2D eigenvalue weighted by molar-refractivity contribution is 0.757. The first-order chi connectivity index (χ1) is 7.65. The second-order valence-electron chi connectivity index (χ2n) is 4.46. The van der Waals surface area contributed by atoms with Crippen LogP contribution in [0.3, 0.4) is 0 Å². The molecular formula is C14H16N2. The van der Waals surface area contributed by atoms with Crippen molar-refractivity contribution < 1.29 is 0 Å². The molecule has 0 saturated heterocycles. The smallest absolute Gasteiger partial charge is 0.119 e. The largest absolute Gasteiger partial charge is 0.336 e. The zero-order valence-corrected chi connectivity index (χ0v) is 9.99. The fourth-order valence-corrected chi connectivity index (χ4v) is 2.45. The van der Waals surface area contributed by atoms with E-state index in [2.05, 4.69) is 38.1 Å². The molecule has 2 heteroatoms. The highest BCUT2D eigenvalue weighted by Gasteiger charge is 2.21. The van der Waals surface area contributed by atoms with Gasteiger partial charge >= 0.3 is 0 Å². The predicted molar refractivity (Wildman–Crippen MR) is 66.2 cm³/mol. The average molecular weight is 212 g/mol. The molecule has 0 fully saturated rings. The molecular weight excluding hydrogens is 196 g/mol. The van der Waals surface area contributed by atoms with Crippen molar-refractivity contribution in [2.24, 2.45) is 0 Å². The first-order valence-electron chi connectivity index (χ1n) is 5.57. The lowest BCUT2D eigenvalue weighted by Gasteiger charge is -2.20. The quantitative estimate of drug-likeness (QED) is 0.658. The second kappa shape index (κ2) is 4.02. The molecule has 1 heterocycles. The number of nitriles is 1. The molecule has 0 aromatic heterocycles. The van der Waals surface area contributed by atoms with Crippen molar-refractivity contribution in [2.75, 3.05) is 11.9 Å². The van der Waals surface area contributed by atoms with Crippen molar-refractivity contribution in [1.82, 2.24) is 0 Å². The topological polar surface area (TPSA) is 27.0 Å². The molecule has 82 valence electrons. The lowest BCUT2D eigenvalue weighted by Crippen LogP contribution is -2.16. The van der Waals surface area contributed by atoms with E-state index in [0.29, 0.717) is 5.92 Å². The number of fused-ring (bicyclic) bond motifs is 1. The van der Waals surface area contributed by atoms with Crippen LogP contribution in [-0.2, 0) is 0 Å². The van der Waals surface area contributed by atoms with Crippen LogP contribution in [0.4, 0.5) is 5.69 Å². The third-order valence-corrected chi connectivity index (χ3v) is 3.29. The summed E-state index contributed by atoms with van der Waals surface area (Å²) < 4.78 is 0. The molecule has 16 heavy (non-hydrogen) atoms. The summed E-state index contributed by atoms with van der Waals surface area (Å²) in [7, 11) is 1.97. The number of allylic oxidation sites excluding steroid dienone is 2. The van der Waals surface area contributed by atoms with Crippen LogP contribution >= 0.6 is 0 Å². The first kappa shape index (κ1) is 10.8. The van der Waals surface area contributed by atoms with Gasteiger partial charge in [-0.1, -0.05) is 25.1 Å². The minimum absolute atomic E-state index is 0.476. The molecule has 1 aromatic rings. The SMILES string of the molecule is CC1=C(C#N)N(C)c2ccccc2C(C)C1. The van der Waals surface area contributed by atoms with Crippen LogP contribution < -0.4 is 4.90 Å². The Kier molecular flexibility index (Phi) is 2.70. The Morgan fingerprint density at radius 1 is 1.38 bits per heavy atom. The normalized spacial score (nSPS) is 20.1. The van der Waals surface area contributed by atoms with Crippen molar-refractivity contribution in [3.63, 3.8) is 0 Å². The second-order valence-corrected chi connectivity index (χ2v) is 4.46. The molecule has 1 atom stereocenters. The maximum Gasteiger partial charge on any atom is 0.119 e. The zero-order chi connectivity index (χ0) is 11.7. The van der Waals surface area contributed by atoms with Gasteiger partial charge in [0.25, 0.3) is 0 Å². The maximum atomic E-state index is 9.22. The Bertz CT molecular complexity index is 480. The van der Waals surface area contributed by atoms with Gasteiger partial charge in [-0.25, -0.2) is 0 Å². The number of rotatable bonds is 0. The molecule has 2 rings (SSSR count). The van der Waals surface area contributed by atoms with E-state index in [-0.39, 0.29) is 0 Å². The van der Waals surface area contributed by atoms with Crippen molar-refractivity contribution in [2.45, 2.75) is 26.2 Å². The zero-order valence-electron chi connectivity index (χ0n) is 9.99. The van der Waals surface area contributed by atoms with Gasteiger partial charge < -0.3 is 4.90 Å². The molecule has 0 aliphatic carbocycles. The Morgan fingerprint density at radius 3 is 2.75 bits per heavy atom. The number of hydrogen-bond acceptors (Lipinski definition) is 2. The Hall–Kier alpha value is -1.75. The number of para-hydroxylation sites is 1. The lowest BCUT2D eigenvalue weighted by atomic mass is 9.94. The fraction of sp³-hybridized carbons (Fsp3) is 0.357. The fourth-order valence-electron chi connectivity index (χ4n) is 2.45. The van der Waals surface area contributed by atoms with E-state index in [1.807, 2.05) is 18.0 Å². The van der Waals surface area contributed by atoms with Crippen molar-refractivity contribution in [3.05, 3.63) is 41.1 Å². The summed E-state index contributed by atoms with van der Waals surface area (Å²) in [5, 5.41) is 9.22. The summed E-state index contributed by atoms with van der Waals surface area (Å²) in [4.78, 5) is 2.01. The minimum atomic E-state index is 0.476. The van der Waals surface area contributed by atoms with E-state index in [4.69, 9.17) is 0 Å². The van der Waals surface area contributed by atoms with Gasteiger partial charge in [0, 0.05) is 12.7 Å². The molecule has 1 aromatic carbocycles.